The fraction of sp³-hybridized carbons (Fsp3) is 1.00. The molecule has 2 aliphatic heterocycles. The fourth-order valence-electron chi connectivity index (χ4n) is 3.64. The van der Waals surface area contributed by atoms with Crippen molar-refractivity contribution >= 4 is 0 Å². The zero-order chi connectivity index (χ0) is 10.3. The largest absolute Gasteiger partial charge is 0.396 e. The average Bonchev–Trinajstić information content (AvgIpc) is 2.41. The van der Waals surface area contributed by atoms with Gasteiger partial charge in [-0.2, -0.15) is 0 Å². The van der Waals surface area contributed by atoms with E-state index < -0.39 is 0 Å². The van der Waals surface area contributed by atoms with Crippen molar-refractivity contribution in [3.05, 3.63) is 0 Å². The van der Waals surface area contributed by atoms with Gasteiger partial charge in [0.2, 0.25) is 0 Å². The molecule has 0 aromatic rings. The van der Waals surface area contributed by atoms with Gasteiger partial charge in [0.1, 0.15) is 0 Å². The summed E-state index contributed by atoms with van der Waals surface area (Å²) in [5.74, 6) is 2.00. The van der Waals surface area contributed by atoms with Gasteiger partial charge in [-0.25, -0.2) is 0 Å². The summed E-state index contributed by atoms with van der Waals surface area (Å²) >= 11 is 0. The quantitative estimate of drug-likeness (QED) is 0.729. The maximum atomic E-state index is 9.52. The van der Waals surface area contributed by atoms with E-state index in [2.05, 4.69) is 25.8 Å². The van der Waals surface area contributed by atoms with Crippen LogP contribution in [-0.2, 0) is 0 Å². The van der Waals surface area contributed by atoms with Crippen molar-refractivity contribution in [1.82, 2.24) is 4.90 Å². The van der Waals surface area contributed by atoms with Gasteiger partial charge in [-0.3, -0.25) is 0 Å². The third kappa shape index (κ3) is 1.49. The zero-order valence-corrected chi connectivity index (χ0v) is 9.61. The normalized spacial score (nSPS) is 43.5. The second-order valence-corrected chi connectivity index (χ2v) is 5.45. The zero-order valence-electron chi connectivity index (χ0n) is 9.61. The highest BCUT2D eigenvalue weighted by atomic mass is 16.3. The lowest BCUT2D eigenvalue weighted by molar-refractivity contribution is 0.0121. The molecule has 2 saturated heterocycles. The maximum Gasteiger partial charge on any atom is 0.0476 e. The van der Waals surface area contributed by atoms with E-state index in [0.29, 0.717) is 18.6 Å². The smallest absolute Gasteiger partial charge is 0.0476 e. The molecular weight excluding hydrogens is 174 g/mol. The Balaban J connectivity index is 2.15. The van der Waals surface area contributed by atoms with Crippen LogP contribution in [0.5, 0.6) is 0 Å². The van der Waals surface area contributed by atoms with Gasteiger partial charge in [0.05, 0.1) is 0 Å². The Morgan fingerprint density at radius 3 is 2.64 bits per heavy atom. The summed E-state index contributed by atoms with van der Waals surface area (Å²) in [6, 6.07) is 1.46. The first kappa shape index (κ1) is 10.4. The molecule has 0 saturated carbocycles. The number of hydrogen-bond donors (Lipinski definition) is 1. The van der Waals surface area contributed by atoms with Gasteiger partial charge in [0.15, 0.2) is 0 Å². The van der Waals surface area contributed by atoms with Crippen LogP contribution >= 0.6 is 0 Å². The molecule has 2 heterocycles. The van der Waals surface area contributed by atoms with Crippen LogP contribution in [0.3, 0.4) is 0 Å². The number of piperidine rings is 1. The number of fused-ring (bicyclic) bond motifs is 2. The van der Waals surface area contributed by atoms with Gasteiger partial charge in [0.25, 0.3) is 0 Å². The van der Waals surface area contributed by atoms with Gasteiger partial charge in [-0.05, 0) is 38.1 Å². The van der Waals surface area contributed by atoms with Crippen molar-refractivity contribution in [2.75, 3.05) is 13.7 Å². The number of aliphatic hydroxyl groups excluding tert-OH is 1. The highest BCUT2D eigenvalue weighted by molar-refractivity contribution is 4.98. The summed E-state index contributed by atoms with van der Waals surface area (Å²) in [5.41, 5.74) is 0. The molecule has 1 N–H and O–H groups in total. The van der Waals surface area contributed by atoms with E-state index in [9.17, 15) is 5.11 Å². The van der Waals surface area contributed by atoms with E-state index in [1.54, 1.807) is 0 Å². The molecule has 0 aromatic heterocycles. The molecule has 0 spiro atoms. The third-order valence-electron chi connectivity index (χ3n) is 4.55. The molecule has 4 atom stereocenters. The topological polar surface area (TPSA) is 23.5 Å². The first-order valence-electron chi connectivity index (χ1n) is 5.98. The minimum absolute atomic E-state index is 0.380. The van der Waals surface area contributed by atoms with E-state index in [1.165, 1.54) is 19.3 Å². The van der Waals surface area contributed by atoms with Crippen LogP contribution in [-0.4, -0.2) is 35.7 Å². The highest BCUT2D eigenvalue weighted by Gasteiger charge is 2.45. The highest BCUT2D eigenvalue weighted by Crippen LogP contribution is 2.43. The predicted molar refractivity (Wildman–Crippen MR) is 58.1 cm³/mol. The molecule has 2 bridgehead atoms. The Hall–Kier alpha value is -0.0800. The number of nitrogens with zero attached hydrogens (tertiary/aromatic N) is 1. The Morgan fingerprint density at radius 1 is 1.36 bits per heavy atom. The van der Waals surface area contributed by atoms with Crippen LogP contribution < -0.4 is 0 Å². The Kier molecular flexibility index (Phi) is 2.85. The van der Waals surface area contributed by atoms with Gasteiger partial charge in [-0.1, -0.05) is 13.8 Å². The van der Waals surface area contributed by atoms with Crippen molar-refractivity contribution < 1.29 is 5.11 Å². The summed E-state index contributed by atoms with van der Waals surface area (Å²) in [7, 11) is 2.24. The summed E-state index contributed by atoms with van der Waals surface area (Å²) in [4.78, 5) is 2.51. The van der Waals surface area contributed by atoms with Crippen molar-refractivity contribution in [1.29, 1.82) is 0 Å². The molecule has 2 aliphatic rings. The van der Waals surface area contributed by atoms with E-state index >= 15 is 0 Å². The van der Waals surface area contributed by atoms with Gasteiger partial charge in [0, 0.05) is 24.6 Å². The van der Waals surface area contributed by atoms with E-state index in [1.807, 2.05) is 0 Å². The monoisotopic (exact) mass is 197 g/mol. The second-order valence-electron chi connectivity index (χ2n) is 5.45. The lowest BCUT2D eigenvalue weighted by Gasteiger charge is -2.44. The van der Waals surface area contributed by atoms with Gasteiger partial charge < -0.3 is 10.0 Å². The molecule has 2 nitrogen and oxygen atoms in total. The minimum atomic E-state index is 0.380. The SMILES string of the molecule is CC(C)[C@H]1CC2CCC([C@@H]1CO)N2C. The van der Waals surface area contributed by atoms with Gasteiger partial charge in [-0.15, -0.1) is 0 Å². The summed E-state index contributed by atoms with van der Waals surface area (Å²) in [6.45, 7) is 4.99. The second kappa shape index (κ2) is 3.82. The molecule has 0 aromatic carbocycles. The van der Waals surface area contributed by atoms with Crippen LogP contribution in [0.15, 0.2) is 0 Å². The Labute approximate surface area is 87.3 Å². The Morgan fingerprint density at radius 2 is 2.07 bits per heavy atom. The molecule has 82 valence electrons. The standard InChI is InChI=1S/C12H23NO/c1-8(2)10-6-9-4-5-12(13(9)3)11(10)7-14/h8-12,14H,4-7H2,1-3H3/t9?,10-,11-,12?/m1/s1. The number of aliphatic hydroxyl groups is 1. The van der Waals surface area contributed by atoms with Crippen LogP contribution in [0.25, 0.3) is 0 Å². The van der Waals surface area contributed by atoms with Crippen LogP contribution in [0.1, 0.15) is 33.1 Å². The molecule has 2 unspecified atom stereocenters. The first-order valence-corrected chi connectivity index (χ1v) is 5.98. The molecule has 2 rings (SSSR count). The average molecular weight is 197 g/mol. The van der Waals surface area contributed by atoms with Crippen molar-refractivity contribution in [2.45, 2.75) is 45.2 Å². The summed E-state index contributed by atoms with van der Waals surface area (Å²) in [6.07, 6.45) is 3.95. The number of hydrogen-bond acceptors (Lipinski definition) is 2. The molecule has 0 amide bonds. The lowest BCUT2D eigenvalue weighted by atomic mass is 9.74. The predicted octanol–water partition coefficient (Wildman–Crippen LogP) is 1.73. The van der Waals surface area contributed by atoms with Gasteiger partial charge >= 0.3 is 0 Å². The van der Waals surface area contributed by atoms with E-state index in [4.69, 9.17) is 0 Å². The van der Waals surface area contributed by atoms with E-state index in [-0.39, 0.29) is 0 Å². The third-order valence-corrected chi connectivity index (χ3v) is 4.55. The summed E-state index contributed by atoms with van der Waals surface area (Å²) < 4.78 is 0. The van der Waals surface area contributed by atoms with Crippen LogP contribution in [0.2, 0.25) is 0 Å². The summed E-state index contributed by atoms with van der Waals surface area (Å²) in [5, 5.41) is 9.52. The first-order chi connectivity index (χ1) is 6.65. The van der Waals surface area contributed by atoms with Crippen molar-refractivity contribution in [2.24, 2.45) is 17.8 Å². The fourth-order valence-corrected chi connectivity index (χ4v) is 3.64. The molecule has 14 heavy (non-hydrogen) atoms. The van der Waals surface area contributed by atoms with E-state index in [0.717, 1.165) is 17.9 Å². The van der Waals surface area contributed by atoms with Crippen LogP contribution in [0, 0.1) is 17.8 Å². The minimum Gasteiger partial charge on any atom is -0.396 e. The molecular formula is C12H23NO. The lowest BCUT2D eigenvalue weighted by Crippen LogP contribution is -2.49. The maximum absolute atomic E-state index is 9.52. The van der Waals surface area contributed by atoms with Crippen molar-refractivity contribution in [3.63, 3.8) is 0 Å². The molecule has 2 fully saturated rings. The van der Waals surface area contributed by atoms with Crippen molar-refractivity contribution in [3.8, 4) is 0 Å². The van der Waals surface area contributed by atoms with Crippen LogP contribution in [0.4, 0.5) is 0 Å². The molecule has 0 radical (unpaired) electrons. The molecule has 0 aliphatic carbocycles. The Bertz CT molecular complexity index is 204. The number of rotatable bonds is 2. The molecule has 2 heteroatoms.